The van der Waals surface area contributed by atoms with Gasteiger partial charge in [0.1, 0.15) is 0 Å². The molecule has 2 fully saturated rings. The summed E-state index contributed by atoms with van der Waals surface area (Å²) < 4.78 is 1.04. The molecule has 3 rings (SSSR count). The lowest BCUT2D eigenvalue weighted by Gasteiger charge is -2.15. The molecule has 1 N–H and O–H groups in total. The van der Waals surface area contributed by atoms with Crippen molar-refractivity contribution in [2.24, 2.45) is 11.8 Å². The van der Waals surface area contributed by atoms with E-state index in [1.165, 1.54) is 5.56 Å². The Labute approximate surface area is 125 Å². The monoisotopic (exact) mass is 337 g/mol. The van der Waals surface area contributed by atoms with E-state index < -0.39 is 5.97 Å². The van der Waals surface area contributed by atoms with Crippen LogP contribution in [0.25, 0.3) is 0 Å². The molecule has 1 saturated carbocycles. The van der Waals surface area contributed by atoms with Crippen LogP contribution in [0.3, 0.4) is 0 Å². The number of amides is 1. The van der Waals surface area contributed by atoms with Crippen molar-refractivity contribution in [1.82, 2.24) is 4.90 Å². The van der Waals surface area contributed by atoms with E-state index >= 15 is 0 Å². The zero-order chi connectivity index (χ0) is 14.3. The van der Waals surface area contributed by atoms with Gasteiger partial charge in [0.25, 0.3) is 0 Å². The zero-order valence-electron chi connectivity index (χ0n) is 11.0. The fourth-order valence-corrected chi connectivity index (χ4v) is 3.21. The summed E-state index contributed by atoms with van der Waals surface area (Å²) >= 11 is 3.40. The van der Waals surface area contributed by atoms with Gasteiger partial charge in [-0.25, -0.2) is 0 Å². The third kappa shape index (κ3) is 2.59. The van der Waals surface area contributed by atoms with E-state index in [1.54, 1.807) is 4.90 Å². The molecule has 4 nitrogen and oxygen atoms in total. The minimum Gasteiger partial charge on any atom is -0.481 e. The molecule has 1 amide bonds. The van der Waals surface area contributed by atoms with Crippen molar-refractivity contribution in [3.05, 3.63) is 34.3 Å². The number of carboxylic acid groups (broad SMARTS) is 1. The SMILES string of the molecule is O=C(O)[C@@H]1CCN(C(=O)[C@@H]2C[C@@H]2c2ccc(Br)cc2)C1. The molecular formula is C15H16BrNO3. The summed E-state index contributed by atoms with van der Waals surface area (Å²) in [4.78, 5) is 25.0. The lowest BCUT2D eigenvalue weighted by Crippen LogP contribution is -2.31. The second-order valence-electron chi connectivity index (χ2n) is 5.61. The van der Waals surface area contributed by atoms with Gasteiger partial charge in [0, 0.05) is 23.5 Å². The Morgan fingerprint density at radius 3 is 2.55 bits per heavy atom. The Morgan fingerprint density at radius 2 is 1.95 bits per heavy atom. The molecule has 106 valence electrons. The average Bonchev–Trinajstić information content (AvgIpc) is 3.06. The van der Waals surface area contributed by atoms with Crippen molar-refractivity contribution in [1.29, 1.82) is 0 Å². The highest BCUT2D eigenvalue weighted by Crippen LogP contribution is 2.49. The molecular weight excluding hydrogens is 322 g/mol. The number of hydrogen-bond acceptors (Lipinski definition) is 2. The van der Waals surface area contributed by atoms with Gasteiger partial charge in [-0.15, -0.1) is 0 Å². The maximum atomic E-state index is 12.4. The Hall–Kier alpha value is -1.36. The Bertz CT molecular complexity index is 543. The first kappa shape index (κ1) is 13.6. The molecule has 0 aromatic heterocycles. The van der Waals surface area contributed by atoms with E-state index in [2.05, 4.69) is 15.9 Å². The molecule has 0 bridgehead atoms. The summed E-state index contributed by atoms with van der Waals surface area (Å²) in [6, 6.07) is 8.08. The van der Waals surface area contributed by atoms with Crippen molar-refractivity contribution in [3.63, 3.8) is 0 Å². The summed E-state index contributed by atoms with van der Waals surface area (Å²) in [5, 5.41) is 8.98. The molecule has 1 aromatic carbocycles. The number of carbonyl (C=O) groups is 2. The first-order chi connectivity index (χ1) is 9.56. The summed E-state index contributed by atoms with van der Waals surface area (Å²) in [6.45, 7) is 0.955. The van der Waals surface area contributed by atoms with Crippen LogP contribution in [0.4, 0.5) is 0 Å². The van der Waals surface area contributed by atoms with Crippen LogP contribution in [0.5, 0.6) is 0 Å². The molecule has 1 heterocycles. The van der Waals surface area contributed by atoms with E-state index in [4.69, 9.17) is 5.11 Å². The number of carboxylic acids is 1. The van der Waals surface area contributed by atoms with Crippen LogP contribution in [0.15, 0.2) is 28.7 Å². The van der Waals surface area contributed by atoms with Crippen LogP contribution in [-0.4, -0.2) is 35.0 Å². The van der Waals surface area contributed by atoms with Crippen molar-refractivity contribution < 1.29 is 14.7 Å². The number of halogens is 1. The van der Waals surface area contributed by atoms with Crippen LogP contribution in [0.1, 0.15) is 24.3 Å². The van der Waals surface area contributed by atoms with Crippen LogP contribution in [0.2, 0.25) is 0 Å². The van der Waals surface area contributed by atoms with E-state index in [1.807, 2.05) is 24.3 Å². The maximum Gasteiger partial charge on any atom is 0.308 e. The molecule has 1 saturated heterocycles. The lowest BCUT2D eigenvalue weighted by molar-refractivity contribution is -0.141. The van der Waals surface area contributed by atoms with Gasteiger partial charge in [-0.1, -0.05) is 28.1 Å². The van der Waals surface area contributed by atoms with Gasteiger partial charge in [-0.2, -0.15) is 0 Å². The smallest absolute Gasteiger partial charge is 0.308 e. The van der Waals surface area contributed by atoms with Crippen LogP contribution in [-0.2, 0) is 9.59 Å². The Balaban J connectivity index is 1.61. The summed E-state index contributed by atoms with van der Waals surface area (Å²) in [7, 11) is 0. The zero-order valence-corrected chi connectivity index (χ0v) is 12.5. The summed E-state index contributed by atoms with van der Waals surface area (Å²) in [5.74, 6) is -0.700. The van der Waals surface area contributed by atoms with Gasteiger partial charge >= 0.3 is 5.97 Å². The molecule has 1 aliphatic carbocycles. The molecule has 5 heteroatoms. The minimum absolute atomic E-state index is 0.0451. The van der Waals surface area contributed by atoms with Crippen LogP contribution >= 0.6 is 15.9 Å². The van der Waals surface area contributed by atoms with Crippen molar-refractivity contribution >= 4 is 27.8 Å². The van der Waals surface area contributed by atoms with Gasteiger partial charge in [0.2, 0.25) is 5.91 Å². The summed E-state index contributed by atoms with van der Waals surface area (Å²) in [5.41, 5.74) is 1.19. The standard InChI is InChI=1S/C15H16BrNO3/c16-11-3-1-9(2-4-11)12-7-13(12)14(18)17-6-5-10(8-17)15(19)20/h1-4,10,12-13H,5-8H2,(H,19,20)/t10-,12-,13-/m1/s1. The quantitative estimate of drug-likeness (QED) is 0.921. The second kappa shape index (κ2) is 5.20. The van der Waals surface area contributed by atoms with Gasteiger partial charge in [0.15, 0.2) is 0 Å². The number of hydrogen-bond donors (Lipinski definition) is 1. The second-order valence-corrected chi connectivity index (χ2v) is 6.52. The molecule has 1 aromatic rings. The molecule has 2 aliphatic rings. The van der Waals surface area contributed by atoms with E-state index in [-0.39, 0.29) is 17.7 Å². The van der Waals surface area contributed by atoms with Gasteiger partial charge in [-0.05, 0) is 36.5 Å². The predicted molar refractivity (Wildman–Crippen MR) is 77.3 cm³/mol. The maximum absolute atomic E-state index is 12.4. The van der Waals surface area contributed by atoms with Crippen LogP contribution < -0.4 is 0 Å². The van der Waals surface area contributed by atoms with E-state index in [0.29, 0.717) is 25.4 Å². The number of nitrogens with zero attached hydrogens (tertiary/aromatic N) is 1. The van der Waals surface area contributed by atoms with E-state index in [0.717, 1.165) is 10.9 Å². The molecule has 3 atom stereocenters. The Morgan fingerprint density at radius 1 is 1.25 bits per heavy atom. The van der Waals surface area contributed by atoms with Crippen molar-refractivity contribution in [2.75, 3.05) is 13.1 Å². The predicted octanol–water partition coefficient (Wildman–Crippen LogP) is 2.49. The van der Waals surface area contributed by atoms with Gasteiger partial charge < -0.3 is 10.0 Å². The van der Waals surface area contributed by atoms with Crippen LogP contribution in [0, 0.1) is 11.8 Å². The Kier molecular flexibility index (Phi) is 3.54. The number of aliphatic carboxylic acids is 1. The third-order valence-electron chi connectivity index (χ3n) is 4.25. The van der Waals surface area contributed by atoms with Gasteiger partial charge in [0.05, 0.1) is 5.92 Å². The highest BCUT2D eigenvalue weighted by Gasteiger charge is 2.47. The van der Waals surface area contributed by atoms with Crippen molar-refractivity contribution in [3.8, 4) is 0 Å². The first-order valence-electron chi connectivity index (χ1n) is 6.83. The minimum atomic E-state index is -0.791. The molecule has 0 unspecified atom stereocenters. The fourth-order valence-electron chi connectivity index (χ4n) is 2.94. The van der Waals surface area contributed by atoms with Gasteiger partial charge in [-0.3, -0.25) is 9.59 Å². The lowest BCUT2D eigenvalue weighted by atomic mass is 10.1. The number of rotatable bonds is 3. The molecule has 20 heavy (non-hydrogen) atoms. The number of benzene rings is 1. The molecule has 1 aliphatic heterocycles. The molecule has 0 spiro atoms. The van der Waals surface area contributed by atoms with E-state index in [9.17, 15) is 9.59 Å². The third-order valence-corrected chi connectivity index (χ3v) is 4.78. The topological polar surface area (TPSA) is 57.6 Å². The normalized spacial score (nSPS) is 28.4. The fraction of sp³-hybridized carbons (Fsp3) is 0.467. The molecule has 0 radical (unpaired) electrons. The number of likely N-dealkylation sites (tertiary alicyclic amines) is 1. The average molecular weight is 338 g/mol. The highest BCUT2D eigenvalue weighted by molar-refractivity contribution is 9.10. The highest BCUT2D eigenvalue weighted by atomic mass is 79.9. The summed E-state index contributed by atoms with van der Waals surface area (Å²) in [6.07, 6.45) is 1.46. The largest absolute Gasteiger partial charge is 0.481 e. The number of carbonyl (C=O) groups excluding carboxylic acids is 1. The van der Waals surface area contributed by atoms with Crippen molar-refractivity contribution in [2.45, 2.75) is 18.8 Å². The first-order valence-corrected chi connectivity index (χ1v) is 7.62.